The molecule has 0 amide bonds. The maximum absolute atomic E-state index is 10.6. The third-order valence-corrected chi connectivity index (χ3v) is 1.89. The molecule has 0 radical (unpaired) electrons. The number of hydrogen-bond donors (Lipinski definition) is 4. The highest BCUT2D eigenvalue weighted by atomic mass is 19.4. The van der Waals surface area contributed by atoms with E-state index >= 15 is 0 Å². The topological polar surface area (TPSA) is 104 Å². The minimum Gasteiger partial charge on any atom is -0.475 e. The number of alkyl halides is 3. The first-order valence-corrected chi connectivity index (χ1v) is 4.02. The molecule has 0 aromatic carbocycles. The molecule has 1 fully saturated rings. The summed E-state index contributed by atoms with van der Waals surface area (Å²) >= 11 is 0. The van der Waals surface area contributed by atoms with Crippen molar-refractivity contribution in [3.8, 4) is 0 Å². The van der Waals surface area contributed by atoms with Gasteiger partial charge in [-0.25, -0.2) is 4.79 Å². The van der Waals surface area contributed by atoms with E-state index in [-0.39, 0.29) is 6.61 Å². The highest BCUT2D eigenvalue weighted by Gasteiger charge is 2.45. The molecule has 5 N–H and O–H groups in total. The highest BCUT2D eigenvalue weighted by Crippen LogP contribution is 2.37. The minimum atomic E-state index is -5.08. The average Bonchev–Trinajstić information content (AvgIpc) is 2.83. The second-order valence-corrected chi connectivity index (χ2v) is 3.20. The second-order valence-electron chi connectivity index (χ2n) is 3.20. The van der Waals surface area contributed by atoms with Gasteiger partial charge in [-0.1, -0.05) is 0 Å². The minimum absolute atomic E-state index is 0.115. The van der Waals surface area contributed by atoms with Crippen LogP contribution < -0.4 is 5.73 Å². The van der Waals surface area contributed by atoms with Gasteiger partial charge in [0.05, 0.1) is 18.2 Å². The Morgan fingerprint density at radius 3 is 1.87 bits per heavy atom. The van der Waals surface area contributed by atoms with Crippen LogP contribution >= 0.6 is 0 Å². The zero-order chi connectivity index (χ0) is 12.3. The molecule has 0 aliphatic heterocycles. The van der Waals surface area contributed by atoms with Gasteiger partial charge >= 0.3 is 12.1 Å². The van der Waals surface area contributed by atoms with Crippen molar-refractivity contribution in [3.05, 3.63) is 0 Å². The normalized spacial score (nSPS) is 19.9. The van der Waals surface area contributed by atoms with E-state index in [1.54, 1.807) is 0 Å². The van der Waals surface area contributed by atoms with E-state index in [0.29, 0.717) is 0 Å². The average molecular weight is 231 g/mol. The maximum Gasteiger partial charge on any atom is 0.490 e. The maximum atomic E-state index is 10.6. The van der Waals surface area contributed by atoms with Gasteiger partial charge in [-0.2, -0.15) is 13.2 Å². The Morgan fingerprint density at radius 2 is 1.80 bits per heavy atom. The van der Waals surface area contributed by atoms with Crippen molar-refractivity contribution in [2.24, 2.45) is 5.73 Å². The van der Waals surface area contributed by atoms with E-state index < -0.39 is 23.8 Å². The van der Waals surface area contributed by atoms with E-state index in [0.717, 1.165) is 12.8 Å². The number of aliphatic carboxylic acids is 1. The van der Waals surface area contributed by atoms with E-state index in [4.69, 9.17) is 25.8 Å². The Morgan fingerprint density at radius 1 is 1.47 bits per heavy atom. The van der Waals surface area contributed by atoms with Crippen molar-refractivity contribution < 1.29 is 33.3 Å². The van der Waals surface area contributed by atoms with Crippen LogP contribution in [0, 0.1) is 0 Å². The van der Waals surface area contributed by atoms with Crippen molar-refractivity contribution in [3.63, 3.8) is 0 Å². The number of hydrogen-bond acceptors (Lipinski definition) is 4. The molecule has 15 heavy (non-hydrogen) atoms. The zero-order valence-electron chi connectivity index (χ0n) is 7.66. The largest absolute Gasteiger partial charge is 0.490 e. The predicted molar refractivity (Wildman–Crippen MR) is 42.9 cm³/mol. The molecule has 0 bridgehead atoms. The lowest BCUT2D eigenvalue weighted by Gasteiger charge is -2.13. The highest BCUT2D eigenvalue weighted by molar-refractivity contribution is 5.73. The number of halogens is 3. The number of aliphatic hydroxyl groups is 2. The number of carboxylic acids is 1. The van der Waals surface area contributed by atoms with Crippen molar-refractivity contribution in [1.29, 1.82) is 0 Å². The molecule has 1 aliphatic rings. The van der Waals surface area contributed by atoms with Crippen LogP contribution in [0.3, 0.4) is 0 Å². The summed E-state index contributed by atoms with van der Waals surface area (Å²) in [5, 5.41) is 24.7. The smallest absolute Gasteiger partial charge is 0.475 e. The summed E-state index contributed by atoms with van der Waals surface area (Å²) in [5.41, 5.74) is 4.60. The first kappa shape index (κ1) is 14.1. The first-order valence-electron chi connectivity index (χ1n) is 4.02. The summed E-state index contributed by atoms with van der Waals surface area (Å²) in [6.07, 6.45) is -3.59. The molecule has 1 aliphatic carbocycles. The van der Waals surface area contributed by atoms with Gasteiger partial charge in [-0.3, -0.25) is 0 Å². The summed E-state index contributed by atoms with van der Waals surface area (Å²) in [7, 11) is 0. The molecule has 1 saturated carbocycles. The van der Waals surface area contributed by atoms with E-state index in [2.05, 4.69) is 0 Å². The third-order valence-electron chi connectivity index (χ3n) is 1.89. The number of rotatable bonds is 2. The molecule has 1 atom stereocenters. The molecule has 90 valence electrons. The zero-order valence-corrected chi connectivity index (χ0v) is 7.66. The fourth-order valence-electron chi connectivity index (χ4n) is 0.669. The van der Waals surface area contributed by atoms with Gasteiger partial charge in [0.15, 0.2) is 0 Å². The molecular weight excluding hydrogens is 219 g/mol. The van der Waals surface area contributed by atoms with Crippen LogP contribution in [0.4, 0.5) is 13.2 Å². The van der Waals surface area contributed by atoms with Gasteiger partial charge in [0.25, 0.3) is 0 Å². The van der Waals surface area contributed by atoms with Crippen molar-refractivity contribution in [1.82, 2.24) is 0 Å². The lowest BCUT2D eigenvalue weighted by atomic mass is 10.2. The van der Waals surface area contributed by atoms with Crippen LogP contribution in [0.1, 0.15) is 12.8 Å². The van der Waals surface area contributed by atoms with Crippen LogP contribution in [0.2, 0.25) is 0 Å². The molecule has 1 rings (SSSR count). The Kier molecular flexibility index (Phi) is 4.50. The summed E-state index contributed by atoms with van der Waals surface area (Å²) in [6.45, 7) is -0.115. The second kappa shape index (κ2) is 4.77. The van der Waals surface area contributed by atoms with Crippen molar-refractivity contribution in [2.75, 3.05) is 6.61 Å². The van der Waals surface area contributed by atoms with Crippen LogP contribution in [-0.2, 0) is 4.79 Å². The van der Waals surface area contributed by atoms with E-state index in [1.165, 1.54) is 0 Å². The lowest BCUT2D eigenvalue weighted by Crippen LogP contribution is -2.39. The SMILES string of the molecule is NC(CO)C1(O)CC1.O=C(O)C(F)(F)F. The van der Waals surface area contributed by atoms with Gasteiger partial charge in [0.1, 0.15) is 0 Å². The lowest BCUT2D eigenvalue weighted by molar-refractivity contribution is -0.192. The molecular formula is C7H12F3NO4. The molecule has 5 nitrogen and oxygen atoms in total. The van der Waals surface area contributed by atoms with Crippen LogP contribution in [0.25, 0.3) is 0 Å². The third kappa shape index (κ3) is 4.96. The molecule has 0 aromatic heterocycles. The monoisotopic (exact) mass is 231 g/mol. The molecule has 0 spiro atoms. The molecule has 0 heterocycles. The first-order chi connectivity index (χ1) is 6.63. The van der Waals surface area contributed by atoms with Crippen molar-refractivity contribution in [2.45, 2.75) is 30.7 Å². The fraction of sp³-hybridized carbons (Fsp3) is 0.857. The summed E-state index contributed by atoms with van der Waals surface area (Å²) in [6, 6.07) is -0.428. The summed E-state index contributed by atoms with van der Waals surface area (Å²) < 4.78 is 31.7. The summed E-state index contributed by atoms with van der Waals surface area (Å²) in [4.78, 5) is 8.90. The van der Waals surface area contributed by atoms with Crippen LogP contribution in [0.5, 0.6) is 0 Å². The number of aliphatic hydroxyl groups excluding tert-OH is 1. The van der Waals surface area contributed by atoms with Crippen LogP contribution in [-0.4, -0.2) is 45.7 Å². The molecule has 0 aromatic rings. The fourth-order valence-corrected chi connectivity index (χ4v) is 0.669. The van der Waals surface area contributed by atoms with E-state index in [9.17, 15) is 13.2 Å². The van der Waals surface area contributed by atoms with E-state index in [1.807, 2.05) is 0 Å². The Bertz CT molecular complexity index is 227. The van der Waals surface area contributed by atoms with Gasteiger partial charge in [0.2, 0.25) is 0 Å². The quantitative estimate of drug-likeness (QED) is 0.511. The number of carbonyl (C=O) groups is 1. The van der Waals surface area contributed by atoms with Gasteiger partial charge in [-0.05, 0) is 12.8 Å². The van der Waals surface area contributed by atoms with Gasteiger partial charge < -0.3 is 21.1 Å². The van der Waals surface area contributed by atoms with Gasteiger partial charge in [-0.15, -0.1) is 0 Å². The number of carboxylic acid groups (broad SMARTS) is 1. The number of nitrogens with two attached hydrogens (primary N) is 1. The molecule has 1 unspecified atom stereocenters. The summed E-state index contributed by atoms with van der Waals surface area (Å²) in [5.74, 6) is -2.76. The standard InChI is InChI=1S/C5H11NO2.C2HF3O2/c6-4(3-7)5(8)1-2-5;3-2(4,5)1(6)7/h4,7-8H,1-3,6H2;(H,6,7). The predicted octanol–water partition coefficient (Wildman–Crippen LogP) is -0.536. The van der Waals surface area contributed by atoms with Crippen molar-refractivity contribution >= 4 is 5.97 Å². The Hall–Kier alpha value is -0.860. The molecule has 0 saturated heterocycles. The van der Waals surface area contributed by atoms with Gasteiger partial charge in [0, 0.05) is 0 Å². The molecule has 8 heteroatoms. The Labute approximate surface area is 83.3 Å². The van der Waals surface area contributed by atoms with Crippen LogP contribution in [0.15, 0.2) is 0 Å². The Balaban J connectivity index is 0.000000265.